The Balaban J connectivity index is 1.99. The van der Waals surface area contributed by atoms with Crippen LogP contribution in [-0.2, 0) is 9.54 Å². The number of hydrogen-bond acceptors (Lipinski definition) is 2. The number of benzene rings is 3. The van der Waals surface area contributed by atoms with Crippen LogP contribution in [0.5, 0.6) is 0 Å². The predicted molar refractivity (Wildman–Crippen MR) is 116 cm³/mol. The summed E-state index contributed by atoms with van der Waals surface area (Å²) in [5, 5.41) is 0. The second kappa shape index (κ2) is 10.1. The molecule has 0 saturated carbocycles. The molecule has 0 spiro atoms. The van der Waals surface area contributed by atoms with Crippen LogP contribution >= 0.6 is 11.8 Å². The van der Waals surface area contributed by atoms with Crippen LogP contribution in [0.2, 0.25) is 0 Å². The van der Waals surface area contributed by atoms with Crippen molar-refractivity contribution in [2.24, 2.45) is 0 Å². The third kappa shape index (κ3) is 4.70. The first-order valence-electron chi connectivity index (χ1n) is 9.62. The maximum atomic E-state index is 10.5. The van der Waals surface area contributed by atoms with E-state index >= 15 is 0 Å². The minimum Gasteiger partial charge on any atom is -0.303 e. The second-order valence-electron chi connectivity index (χ2n) is 6.64. The number of carbonyl (C=O) groups is 1. The van der Waals surface area contributed by atoms with Gasteiger partial charge in [0.1, 0.15) is 6.29 Å². The molecule has 0 aliphatic carbocycles. The number of carbonyl (C=O) groups excluding carboxylic acids is 1. The fourth-order valence-corrected chi connectivity index (χ4v) is 5.06. The molecule has 0 bridgehead atoms. The van der Waals surface area contributed by atoms with Crippen molar-refractivity contribution in [3.8, 4) is 0 Å². The molecule has 0 radical (unpaired) electrons. The number of rotatable bonds is 10. The van der Waals surface area contributed by atoms with Crippen LogP contribution in [0.25, 0.3) is 0 Å². The minimum atomic E-state index is -0.228. The van der Waals surface area contributed by atoms with Gasteiger partial charge >= 0.3 is 0 Å². The first kappa shape index (κ1) is 19.4. The van der Waals surface area contributed by atoms with Crippen LogP contribution in [0, 0.1) is 0 Å². The van der Waals surface area contributed by atoms with Gasteiger partial charge in [-0.15, -0.1) is 11.8 Å². The number of unbranched alkanes of at least 4 members (excludes halogenated alkanes) is 3. The summed E-state index contributed by atoms with van der Waals surface area (Å²) in [5.74, 6) is 1.05. The van der Waals surface area contributed by atoms with Gasteiger partial charge in [-0.2, -0.15) is 0 Å². The highest BCUT2D eigenvalue weighted by Gasteiger charge is 2.36. The molecule has 138 valence electrons. The van der Waals surface area contributed by atoms with Crippen LogP contribution in [0.15, 0.2) is 91.0 Å². The normalized spacial score (nSPS) is 11.3. The molecular weight excluding hydrogens is 348 g/mol. The quantitative estimate of drug-likeness (QED) is 0.230. The summed E-state index contributed by atoms with van der Waals surface area (Å²) in [4.78, 5) is 10.5. The third-order valence-electron chi connectivity index (χ3n) is 4.83. The topological polar surface area (TPSA) is 17.1 Å². The molecule has 0 aromatic heterocycles. The molecule has 3 rings (SSSR count). The molecule has 0 heterocycles. The molecule has 3 aromatic rings. The highest BCUT2D eigenvalue weighted by Crippen LogP contribution is 2.48. The Labute approximate surface area is 166 Å². The van der Waals surface area contributed by atoms with Gasteiger partial charge in [-0.3, -0.25) is 0 Å². The fraction of sp³-hybridized carbons (Fsp3) is 0.240. The maximum Gasteiger partial charge on any atom is 0.119 e. The lowest BCUT2D eigenvalue weighted by Gasteiger charge is -2.35. The van der Waals surface area contributed by atoms with Crippen LogP contribution in [0.3, 0.4) is 0 Å². The molecule has 27 heavy (non-hydrogen) atoms. The Bertz CT molecular complexity index is 703. The fourth-order valence-electron chi connectivity index (χ4n) is 3.50. The van der Waals surface area contributed by atoms with E-state index in [4.69, 9.17) is 0 Å². The van der Waals surface area contributed by atoms with E-state index in [0.717, 1.165) is 31.3 Å². The molecule has 0 N–H and O–H groups in total. The summed E-state index contributed by atoms with van der Waals surface area (Å²) in [6.07, 6.45) is 4.90. The molecule has 0 aliphatic heterocycles. The van der Waals surface area contributed by atoms with E-state index in [1.807, 2.05) is 11.8 Å². The van der Waals surface area contributed by atoms with E-state index in [-0.39, 0.29) is 4.75 Å². The SMILES string of the molecule is O=CCCCCCSC(c1ccccc1)(c1ccccc1)c1ccccc1. The van der Waals surface area contributed by atoms with E-state index in [1.165, 1.54) is 16.7 Å². The lowest BCUT2D eigenvalue weighted by Crippen LogP contribution is -2.26. The summed E-state index contributed by atoms with van der Waals surface area (Å²) in [7, 11) is 0. The van der Waals surface area contributed by atoms with Crippen molar-refractivity contribution < 1.29 is 4.79 Å². The molecule has 1 nitrogen and oxygen atoms in total. The molecule has 0 fully saturated rings. The van der Waals surface area contributed by atoms with E-state index in [1.54, 1.807) is 0 Å². The number of aldehydes is 1. The van der Waals surface area contributed by atoms with E-state index in [0.29, 0.717) is 6.42 Å². The van der Waals surface area contributed by atoms with Crippen LogP contribution in [0.1, 0.15) is 42.4 Å². The molecule has 0 atom stereocenters. The van der Waals surface area contributed by atoms with Crippen molar-refractivity contribution in [1.82, 2.24) is 0 Å². The Morgan fingerprint density at radius 1 is 0.630 bits per heavy atom. The average molecular weight is 375 g/mol. The zero-order chi connectivity index (χ0) is 18.8. The lowest BCUT2D eigenvalue weighted by atomic mass is 9.84. The van der Waals surface area contributed by atoms with Crippen molar-refractivity contribution in [3.63, 3.8) is 0 Å². The molecule has 0 saturated heterocycles. The van der Waals surface area contributed by atoms with Crippen molar-refractivity contribution in [2.45, 2.75) is 30.4 Å². The van der Waals surface area contributed by atoms with Gasteiger partial charge in [-0.25, -0.2) is 0 Å². The van der Waals surface area contributed by atoms with E-state index in [2.05, 4.69) is 91.0 Å². The van der Waals surface area contributed by atoms with Gasteiger partial charge in [0.2, 0.25) is 0 Å². The second-order valence-corrected chi connectivity index (χ2v) is 7.95. The van der Waals surface area contributed by atoms with Gasteiger partial charge in [-0.1, -0.05) is 97.4 Å². The van der Waals surface area contributed by atoms with Gasteiger partial charge in [0.25, 0.3) is 0 Å². The average Bonchev–Trinajstić information content (AvgIpc) is 2.75. The van der Waals surface area contributed by atoms with Crippen molar-refractivity contribution in [2.75, 3.05) is 5.75 Å². The molecule has 0 aliphatic rings. The standard InChI is InChI=1S/C25H26OS/c26-20-12-1-2-13-21-27-25(22-14-6-3-7-15-22,23-16-8-4-9-17-23)24-18-10-5-11-19-24/h3-11,14-20H,1-2,12-13,21H2. The first-order valence-corrected chi connectivity index (χ1v) is 10.6. The van der Waals surface area contributed by atoms with Crippen LogP contribution in [0.4, 0.5) is 0 Å². The Morgan fingerprint density at radius 2 is 1.07 bits per heavy atom. The Hall–Kier alpha value is -2.32. The minimum absolute atomic E-state index is 0.228. The molecular formula is C25H26OS. The first-order chi connectivity index (χ1) is 13.4. The Kier molecular flexibility index (Phi) is 7.29. The van der Waals surface area contributed by atoms with Gasteiger partial charge < -0.3 is 4.79 Å². The zero-order valence-electron chi connectivity index (χ0n) is 15.6. The van der Waals surface area contributed by atoms with Gasteiger partial charge in [-0.05, 0) is 35.3 Å². The summed E-state index contributed by atoms with van der Waals surface area (Å²) in [6, 6.07) is 32.4. The highest BCUT2D eigenvalue weighted by atomic mass is 32.2. The summed E-state index contributed by atoms with van der Waals surface area (Å²) in [5.41, 5.74) is 3.92. The predicted octanol–water partition coefficient (Wildman–Crippen LogP) is 6.47. The van der Waals surface area contributed by atoms with Gasteiger partial charge in [0, 0.05) is 6.42 Å². The van der Waals surface area contributed by atoms with Crippen LogP contribution < -0.4 is 0 Å². The molecule has 0 unspecified atom stereocenters. The molecule has 2 heteroatoms. The molecule has 3 aromatic carbocycles. The van der Waals surface area contributed by atoms with E-state index < -0.39 is 0 Å². The number of hydrogen-bond donors (Lipinski definition) is 0. The van der Waals surface area contributed by atoms with Gasteiger partial charge in [0.05, 0.1) is 4.75 Å². The third-order valence-corrected chi connectivity index (χ3v) is 6.46. The number of thioether (sulfide) groups is 1. The van der Waals surface area contributed by atoms with E-state index in [9.17, 15) is 4.79 Å². The summed E-state index contributed by atoms with van der Waals surface area (Å²) in [6.45, 7) is 0. The Morgan fingerprint density at radius 3 is 1.48 bits per heavy atom. The van der Waals surface area contributed by atoms with Crippen molar-refractivity contribution >= 4 is 18.0 Å². The van der Waals surface area contributed by atoms with Crippen LogP contribution in [-0.4, -0.2) is 12.0 Å². The van der Waals surface area contributed by atoms with Gasteiger partial charge in [0.15, 0.2) is 0 Å². The van der Waals surface area contributed by atoms with Crippen molar-refractivity contribution in [1.29, 1.82) is 0 Å². The summed E-state index contributed by atoms with van der Waals surface area (Å²) < 4.78 is -0.228. The lowest BCUT2D eigenvalue weighted by molar-refractivity contribution is -0.107. The molecule has 0 amide bonds. The smallest absolute Gasteiger partial charge is 0.119 e. The monoisotopic (exact) mass is 374 g/mol. The van der Waals surface area contributed by atoms with Crippen molar-refractivity contribution in [3.05, 3.63) is 108 Å². The zero-order valence-corrected chi connectivity index (χ0v) is 16.4. The largest absolute Gasteiger partial charge is 0.303 e. The maximum absolute atomic E-state index is 10.5. The summed E-state index contributed by atoms with van der Waals surface area (Å²) >= 11 is 2.00. The highest BCUT2D eigenvalue weighted by molar-refractivity contribution is 8.00.